The Morgan fingerprint density at radius 2 is 1.73 bits per heavy atom. The fourth-order valence-electron chi connectivity index (χ4n) is 2.28. The van der Waals surface area contributed by atoms with E-state index in [0.29, 0.717) is 17.2 Å². The number of aryl methyl sites for hydroxylation is 1. The van der Waals surface area contributed by atoms with E-state index in [1.54, 1.807) is 30.3 Å². The summed E-state index contributed by atoms with van der Waals surface area (Å²) in [7, 11) is 1.51. The summed E-state index contributed by atoms with van der Waals surface area (Å²) in [6, 6.07) is 12.6. The number of esters is 1. The van der Waals surface area contributed by atoms with E-state index in [0.717, 1.165) is 11.1 Å². The molecule has 1 atom stereocenters. The summed E-state index contributed by atoms with van der Waals surface area (Å²) in [5.41, 5.74) is 2.54. The highest BCUT2D eigenvalue weighted by atomic mass is 16.6. The minimum Gasteiger partial charge on any atom is -0.495 e. The minimum absolute atomic E-state index is 0.267. The first kappa shape index (κ1) is 19.3. The second-order valence-corrected chi connectivity index (χ2v) is 5.81. The quantitative estimate of drug-likeness (QED) is 0.770. The van der Waals surface area contributed by atoms with Crippen molar-refractivity contribution in [3.8, 4) is 11.5 Å². The predicted molar refractivity (Wildman–Crippen MR) is 98.6 cm³/mol. The third-order valence-electron chi connectivity index (χ3n) is 3.94. The molecule has 0 heterocycles. The lowest BCUT2D eigenvalue weighted by Gasteiger charge is -2.16. The summed E-state index contributed by atoms with van der Waals surface area (Å²) in [5, 5.41) is 2.67. The Morgan fingerprint density at radius 3 is 2.46 bits per heavy atom. The van der Waals surface area contributed by atoms with Gasteiger partial charge in [-0.3, -0.25) is 4.79 Å². The topological polar surface area (TPSA) is 73.9 Å². The number of rotatable bonds is 7. The molecule has 0 unspecified atom stereocenters. The highest BCUT2D eigenvalue weighted by Crippen LogP contribution is 2.23. The van der Waals surface area contributed by atoms with Crippen molar-refractivity contribution >= 4 is 17.6 Å². The van der Waals surface area contributed by atoms with Crippen LogP contribution >= 0.6 is 0 Å². The third-order valence-corrected chi connectivity index (χ3v) is 3.94. The molecule has 0 radical (unpaired) electrons. The molecule has 0 saturated carbocycles. The lowest BCUT2D eigenvalue weighted by Crippen LogP contribution is -2.31. The van der Waals surface area contributed by atoms with Crippen LogP contribution in [0.3, 0.4) is 0 Å². The third kappa shape index (κ3) is 4.99. The van der Waals surface area contributed by atoms with Gasteiger partial charge < -0.3 is 19.5 Å². The van der Waals surface area contributed by atoms with Crippen molar-refractivity contribution in [1.82, 2.24) is 0 Å². The molecule has 0 aromatic heterocycles. The highest BCUT2D eigenvalue weighted by molar-refractivity contribution is 5.96. The maximum atomic E-state index is 12.2. The van der Waals surface area contributed by atoms with E-state index in [-0.39, 0.29) is 6.61 Å². The van der Waals surface area contributed by atoms with Crippen molar-refractivity contribution < 1.29 is 23.8 Å². The van der Waals surface area contributed by atoms with Gasteiger partial charge in [0.25, 0.3) is 5.91 Å². The minimum atomic E-state index is -0.963. The molecule has 1 N–H and O–H groups in total. The van der Waals surface area contributed by atoms with Crippen LogP contribution in [0.4, 0.5) is 5.69 Å². The zero-order valence-corrected chi connectivity index (χ0v) is 15.4. The van der Waals surface area contributed by atoms with Crippen LogP contribution in [0.2, 0.25) is 0 Å². The summed E-state index contributed by atoms with van der Waals surface area (Å²) in [5.74, 6) is 0.0777. The first-order chi connectivity index (χ1) is 12.4. The SMILES string of the molecule is COc1ccccc1NC(=O)[C@@H](C)OC(=O)COc1cccc(C)c1C. The molecule has 2 rings (SSSR count). The van der Waals surface area contributed by atoms with Gasteiger partial charge in [0.05, 0.1) is 12.8 Å². The Labute approximate surface area is 153 Å². The Hall–Kier alpha value is -3.02. The van der Waals surface area contributed by atoms with Crippen LogP contribution in [0.25, 0.3) is 0 Å². The maximum Gasteiger partial charge on any atom is 0.344 e. The lowest BCUT2D eigenvalue weighted by atomic mass is 10.1. The van der Waals surface area contributed by atoms with Gasteiger partial charge in [-0.05, 0) is 50.1 Å². The van der Waals surface area contributed by atoms with E-state index in [2.05, 4.69) is 5.32 Å². The first-order valence-corrected chi connectivity index (χ1v) is 8.24. The van der Waals surface area contributed by atoms with E-state index >= 15 is 0 Å². The summed E-state index contributed by atoms with van der Waals surface area (Å²) in [6.45, 7) is 5.11. The van der Waals surface area contributed by atoms with E-state index in [4.69, 9.17) is 14.2 Å². The zero-order chi connectivity index (χ0) is 19.1. The molecular weight excluding hydrogens is 334 g/mol. The van der Waals surface area contributed by atoms with Crippen LogP contribution < -0.4 is 14.8 Å². The van der Waals surface area contributed by atoms with Gasteiger partial charge >= 0.3 is 5.97 Å². The predicted octanol–water partition coefficient (Wildman–Crippen LogP) is 3.26. The van der Waals surface area contributed by atoms with Crippen molar-refractivity contribution in [1.29, 1.82) is 0 Å². The molecule has 6 heteroatoms. The summed E-state index contributed by atoms with van der Waals surface area (Å²) in [4.78, 5) is 24.2. The van der Waals surface area contributed by atoms with Crippen LogP contribution in [0.5, 0.6) is 11.5 Å². The van der Waals surface area contributed by atoms with Crippen molar-refractivity contribution in [2.24, 2.45) is 0 Å². The van der Waals surface area contributed by atoms with Gasteiger partial charge in [0.2, 0.25) is 0 Å². The Kier molecular flexibility index (Phi) is 6.60. The number of hydrogen-bond acceptors (Lipinski definition) is 5. The Morgan fingerprint density at radius 1 is 1.04 bits per heavy atom. The van der Waals surface area contributed by atoms with Gasteiger partial charge in [0, 0.05) is 0 Å². The number of amides is 1. The van der Waals surface area contributed by atoms with Gasteiger partial charge in [0.1, 0.15) is 11.5 Å². The number of methoxy groups -OCH3 is 1. The summed E-state index contributed by atoms with van der Waals surface area (Å²) >= 11 is 0. The van der Waals surface area contributed by atoms with Gasteiger partial charge in [0.15, 0.2) is 12.7 Å². The fourth-order valence-corrected chi connectivity index (χ4v) is 2.28. The smallest absolute Gasteiger partial charge is 0.344 e. The largest absolute Gasteiger partial charge is 0.495 e. The standard InChI is InChI=1S/C20H23NO5/c1-13-8-7-11-17(14(13)2)25-12-19(22)26-15(3)20(23)21-16-9-5-6-10-18(16)24-4/h5-11,15H,12H2,1-4H3,(H,21,23)/t15-/m1/s1. The normalized spacial score (nSPS) is 11.4. The number of carbonyl (C=O) groups excluding carboxylic acids is 2. The second kappa shape index (κ2) is 8.89. The van der Waals surface area contributed by atoms with Crippen LogP contribution in [-0.4, -0.2) is 31.7 Å². The number of benzene rings is 2. The van der Waals surface area contributed by atoms with Gasteiger partial charge in [-0.25, -0.2) is 4.79 Å². The van der Waals surface area contributed by atoms with Crippen molar-refractivity contribution in [3.63, 3.8) is 0 Å². The number of para-hydroxylation sites is 2. The van der Waals surface area contributed by atoms with Crippen LogP contribution in [0.1, 0.15) is 18.1 Å². The van der Waals surface area contributed by atoms with Crippen LogP contribution in [0.15, 0.2) is 42.5 Å². The molecule has 0 aliphatic carbocycles. The molecule has 0 aliphatic rings. The Bertz CT molecular complexity index is 788. The number of anilines is 1. The number of nitrogens with one attached hydrogen (secondary N) is 1. The molecule has 138 valence electrons. The molecule has 0 fully saturated rings. The second-order valence-electron chi connectivity index (χ2n) is 5.81. The van der Waals surface area contributed by atoms with Crippen LogP contribution in [0, 0.1) is 13.8 Å². The van der Waals surface area contributed by atoms with Crippen molar-refractivity contribution in [2.75, 3.05) is 19.0 Å². The highest BCUT2D eigenvalue weighted by Gasteiger charge is 2.19. The van der Waals surface area contributed by atoms with Gasteiger partial charge in [-0.15, -0.1) is 0 Å². The first-order valence-electron chi connectivity index (χ1n) is 8.24. The average Bonchev–Trinajstić information content (AvgIpc) is 2.63. The molecule has 0 spiro atoms. The van der Waals surface area contributed by atoms with Gasteiger partial charge in [-0.2, -0.15) is 0 Å². The number of carbonyl (C=O) groups is 2. The molecule has 2 aromatic carbocycles. The molecule has 1 amide bonds. The summed E-state index contributed by atoms with van der Waals surface area (Å²) in [6.07, 6.45) is -0.963. The maximum absolute atomic E-state index is 12.2. The average molecular weight is 357 g/mol. The molecule has 26 heavy (non-hydrogen) atoms. The molecule has 2 aromatic rings. The van der Waals surface area contributed by atoms with E-state index < -0.39 is 18.0 Å². The monoisotopic (exact) mass is 357 g/mol. The zero-order valence-electron chi connectivity index (χ0n) is 15.4. The number of hydrogen-bond donors (Lipinski definition) is 1. The van der Waals surface area contributed by atoms with Crippen molar-refractivity contribution in [3.05, 3.63) is 53.6 Å². The lowest BCUT2D eigenvalue weighted by molar-refractivity contribution is -0.155. The Balaban J connectivity index is 1.88. The fraction of sp³-hybridized carbons (Fsp3) is 0.300. The molecule has 6 nitrogen and oxygen atoms in total. The molecule has 0 saturated heterocycles. The number of ether oxygens (including phenoxy) is 3. The van der Waals surface area contributed by atoms with E-state index in [1.165, 1.54) is 14.0 Å². The molecular formula is C20H23NO5. The summed E-state index contributed by atoms with van der Waals surface area (Å²) < 4.78 is 15.8. The van der Waals surface area contributed by atoms with Crippen LogP contribution in [-0.2, 0) is 14.3 Å². The van der Waals surface area contributed by atoms with E-state index in [9.17, 15) is 9.59 Å². The van der Waals surface area contributed by atoms with Gasteiger partial charge in [-0.1, -0.05) is 24.3 Å². The van der Waals surface area contributed by atoms with Crippen molar-refractivity contribution in [2.45, 2.75) is 26.9 Å². The van der Waals surface area contributed by atoms with E-state index in [1.807, 2.05) is 26.0 Å². The molecule has 0 aliphatic heterocycles. The molecule has 0 bridgehead atoms.